The summed E-state index contributed by atoms with van der Waals surface area (Å²) < 4.78 is 3.35. The lowest BCUT2D eigenvalue weighted by molar-refractivity contribution is 0.0683. The van der Waals surface area contributed by atoms with Crippen LogP contribution < -0.4 is 0 Å². The summed E-state index contributed by atoms with van der Waals surface area (Å²) in [6.07, 6.45) is 4.25. The third kappa shape index (κ3) is 4.01. The van der Waals surface area contributed by atoms with Crippen LogP contribution in [0.2, 0.25) is 0 Å². The Balaban J connectivity index is 1.64. The van der Waals surface area contributed by atoms with Crippen molar-refractivity contribution in [3.63, 3.8) is 0 Å². The molecule has 0 fully saturated rings. The van der Waals surface area contributed by atoms with Gasteiger partial charge in [0.25, 0.3) is 0 Å². The van der Waals surface area contributed by atoms with Gasteiger partial charge in [-0.1, -0.05) is 49.7 Å². The van der Waals surface area contributed by atoms with Gasteiger partial charge in [0.2, 0.25) is 5.78 Å². The first-order valence-corrected chi connectivity index (χ1v) is 11.4. The van der Waals surface area contributed by atoms with Crippen molar-refractivity contribution in [2.24, 2.45) is 0 Å². The van der Waals surface area contributed by atoms with Gasteiger partial charge in [0.15, 0.2) is 5.69 Å². The van der Waals surface area contributed by atoms with Gasteiger partial charge in [0.1, 0.15) is 11.5 Å². The van der Waals surface area contributed by atoms with Crippen LogP contribution in [0, 0.1) is 0 Å². The number of nitrogens with zero attached hydrogens (tertiary/aromatic N) is 5. The van der Waals surface area contributed by atoms with Gasteiger partial charge < -0.3 is 14.8 Å². The minimum absolute atomic E-state index is 0.0372. The number of unbranched alkanes of at least 4 members (excludes halogenated alkanes) is 1. The number of aromatic carboxylic acids is 2. The highest BCUT2D eigenvalue weighted by Gasteiger charge is 2.22. The first-order chi connectivity index (χ1) is 17.0. The Hall–Kier alpha value is -4.53. The second-order valence-electron chi connectivity index (χ2n) is 8.27. The lowest BCUT2D eigenvalue weighted by atomic mass is 10.1. The van der Waals surface area contributed by atoms with E-state index < -0.39 is 11.9 Å². The SMILES string of the molecule is CCCCc1nc2cccc(C(=O)O)c2n1Cc1ccn2c(C(=O)O)c(-c3ccccc3)nc2n1. The maximum Gasteiger partial charge on any atom is 0.355 e. The van der Waals surface area contributed by atoms with Crippen LogP contribution in [-0.4, -0.2) is 46.1 Å². The second-order valence-corrected chi connectivity index (χ2v) is 8.27. The van der Waals surface area contributed by atoms with Crippen molar-refractivity contribution in [3.8, 4) is 11.3 Å². The van der Waals surface area contributed by atoms with Gasteiger partial charge in [-0.2, -0.15) is 0 Å². The Labute approximate surface area is 200 Å². The van der Waals surface area contributed by atoms with Crippen LogP contribution in [0.25, 0.3) is 28.1 Å². The summed E-state index contributed by atoms with van der Waals surface area (Å²) in [5.74, 6) is -1.07. The summed E-state index contributed by atoms with van der Waals surface area (Å²) in [6.45, 7) is 2.38. The average molecular weight is 470 g/mol. The molecule has 0 amide bonds. The summed E-state index contributed by atoms with van der Waals surface area (Å²) in [6, 6.07) is 15.9. The van der Waals surface area contributed by atoms with Crippen molar-refractivity contribution >= 4 is 28.7 Å². The molecule has 3 heterocycles. The molecule has 0 unspecified atom stereocenters. The number of carboxylic acids is 2. The van der Waals surface area contributed by atoms with Gasteiger partial charge in [0.05, 0.1) is 28.8 Å². The van der Waals surface area contributed by atoms with Crippen LogP contribution in [0.4, 0.5) is 0 Å². The number of carboxylic acid groups (broad SMARTS) is 2. The predicted octanol–water partition coefficient (Wildman–Crippen LogP) is 4.53. The zero-order valence-electron chi connectivity index (χ0n) is 19.0. The van der Waals surface area contributed by atoms with Crippen molar-refractivity contribution in [2.75, 3.05) is 0 Å². The minimum Gasteiger partial charge on any atom is -0.478 e. The highest BCUT2D eigenvalue weighted by atomic mass is 16.4. The zero-order valence-corrected chi connectivity index (χ0v) is 19.0. The van der Waals surface area contributed by atoms with Crippen molar-refractivity contribution in [2.45, 2.75) is 32.7 Å². The fourth-order valence-corrected chi connectivity index (χ4v) is 4.32. The van der Waals surface area contributed by atoms with Crippen LogP contribution in [0.15, 0.2) is 60.8 Å². The van der Waals surface area contributed by atoms with E-state index >= 15 is 0 Å². The molecule has 3 aromatic heterocycles. The van der Waals surface area contributed by atoms with Crippen LogP contribution in [0.1, 0.15) is 52.1 Å². The van der Waals surface area contributed by atoms with E-state index in [1.54, 1.807) is 36.5 Å². The third-order valence-electron chi connectivity index (χ3n) is 5.95. The molecule has 35 heavy (non-hydrogen) atoms. The smallest absolute Gasteiger partial charge is 0.355 e. The number of carbonyl (C=O) groups is 2. The van der Waals surface area contributed by atoms with Gasteiger partial charge in [-0.3, -0.25) is 4.40 Å². The van der Waals surface area contributed by atoms with Gasteiger partial charge >= 0.3 is 11.9 Å². The molecule has 9 heteroatoms. The lowest BCUT2D eigenvalue weighted by Gasteiger charge is -2.10. The molecule has 5 aromatic rings. The quantitative estimate of drug-likeness (QED) is 0.342. The number of rotatable bonds is 8. The number of hydrogen-bond acceptors (Lipinski definition) is 5. The molecular weight excluding hydrogens is 446 g/mol. The molecule has 0 aliphatic heterocycles. The number of fused-ring (bicyclic) bond motifs is 2. The molecule has 0 spiro atoms. The molecular formula is C26H23N5O4. The van der Waals surface area contributed by atoms with Gasteiger partial charge in [-0.25, -0.2) is 24.5 Å². The number of hydrogen-bond donors (Lipinski definition) is 2. The topological polar surface area (TPSA) is 123 Å². The van der Waals surface area contributed by atoms with E-state index in [1.165, 1.54) is 4.40 Å². The fraction of sp³-hybridized carbons (Fsp3) is 0.192. The van der Waals surface area contributed by atoms with Gasteiger partial charge in [-0.15, -0.1) is 0 Å². The molecule has 0 saturated carbocycles. The minimum atomic E-state index is -1.10. The van der Waals surface area contributed by atoms with E-state index in [0.29, 0.717) is 34.4 Å². The van der Waals surface area contributed by atoms with Crippen molar-refractivity contribution in [1.29, 1.82) is 0 Å². The van der Waals surface area contributed by atoms with Crippen LogP contribution >= 0.6 is 0 Å². The first kappa shape index (κ1) is 22.3. The largest absolute Gasteiger partial charge is 0.478 e. The molecule has 0 aliphatic carbocycles. The molecule has 0 aliphatic rings. The number of para-hydroxylation sites is 1. The highest BCUT2D eigenvalue weighted by Crippen LogP contribution is 2.26. The van der Waals surface area contributed by atoms with E-state index in [1.807, 2.05) is 28.8 Å². The Morgan fingerprint density at radius 1 is 0.914 bits per heavy atom. The summed E-state index contributed by atoms with van der Waals surface area (Å²) in [5.41, 5.74) is 3.04. The molecule has 9 nitrogen and oxygen atoms in total. The van der Waals surface area contributed by atoms with E-state index in [0.717, 1.165) is 18.7 Å². The summed E-state index contributed by atoms with van der Waals surface area (Å²) in [5, 5.41) is 19.6. The maximum absolute atomic E-state index is 12.0. The Bertz CT molecular complexity index is 1570. The molecule has 0 radical (unpaired) electrons. The molecule has 5 rings (SSSR count). The van der Waals surface area contributed by atoms with E-state index in [-0.39, 0.29) is 23.6 Å². The molecule has 176 valence electrons. The molecule has 0 atom stereocenters. The molecule has 0 bridgehead atoms. The number of aromatic nitrogens is 5. The number of benzene rings is 2. The lowest BCUT2D eigenvalue weighted by Crippen LogP contribution is -2.10. The van der Waals surface area contributed by atoms with Crippen molar-refractivity contribution < 1.29 is 19.8 Å². The molecule has 2 N–H and O–H groups in total. The van der Waals surface area contributed by atoms with E-state index in [2.05, 4.69) is 16.9 Å². The van der Waals surface area contributed by atoms with Crippen molar-refractivity contribution in [3.05, 3.63) is 83.6 Å². The predicted molar refractivity (Wildman–Crippen MR) is 130 cm³/mol. The fourth-order valence-electron chi connectivity index (χ4n) is 4.32. The van der Waals surface area contributed by atoms with Gasteiger partial charge in [-0.05, 0) is 24.6 Å². The van der Waals surface area contributed by atoms with Crippen LogP contribution in [-0.2, 0) is 13.0 Å². The molecule has 2 aromatic carbocycles. The van der Waals surface area contributed by atoms with Crippen molar-refractivity contribution in [1.82, 2.24) is 23.9 Å². The number of imidazole rings is 2. The maximum atomic E-state index is 12.0. The monoisotopic (exact) mass is 469 g/mol. The van der Waals surface area contributed by atoms with Gasteiger partial charge in [0, 0.05) is 18.2 Å². The standard InChI is InChI=1S/C26H23N5O4/c1-2-3-12-20-28-19-11-7-10-18(24(32)33)22(19)31(20)15-17-13-14-30-23(25(34)35)21(29-26(30)27-17)16-8-5-4-6-9-16/h4-11,13-14H,2-3,12,15H2,1H3,(H,32,33)(H,34,35). The Morgan fingerprint density at radius 2 is 1.71 bits per heavy atom. The van der Waals surface area contributed by atoms with Crippen LogP contribution in [0.5, 0.6) is 0 Å². The number of aryl methyl sites for hydroxylation is 1. The highest BCUT2D eigenvalue weighted by molar-refractivity contribution is 6.01. The van der Waals surface area contributed by atoms with Crippen LogP contribution in [0.3, 0.4) is 0 Å². The first-order valence-electron chi connectivity index (χ1n) is 11.4. The second kappa shape index (κ2) is 9.02. The third-order valence-corrected chi connectivity index (χ3v) is 5.95. The zero-order chi connectivity index (χ0) is 24.5. The summed E-state index contributed by atoms with van der Waals surface area (Å²) in [7, 11) is 0. The summed E-state index contributed by atoms with van der Waals surface area (Å²) in [4.78, 5) is 37.8. The average Bonchev–Trinajstić information content (AvgIpc) is 3.41. The molecule has 0 saturated heterocycles. The summed E-state index contributed by atoms with van der Waals surface area (Å²) >= 11 is 0. The van der Waals surface area contributed by atoms with E-state index in [9.17, 15) is 19.8 Å². The Kier molecular flexibility index (Phi) is 5.74. The normalized spacial score (nSPS) is 11.3. The van der Waals surface area contributed by atoms with E-state index in [4.69, 9.17) is 4.98 Å². The Morgan fingerprint density at radius 3 is 2.43 bits per heavy atom.